The number of hydrogen-bond acceptors (Lipinski definition) is 3. The molecule has 0 amide bonds. The van der Waals surface area contributed by atoms with E-state index in [2.05, 4.69) is 11.7 Å². The van der Waals surface area contributed by atoms with E-state index >= 15 is 0 Å². The van der Waals surface area contributed by atoms with Crippen LogP contribution < -0.4 is 0 Å². The molecule has 0 aliphatic rings. The number of aliphatic hydroxyl groups excluding tert-OH is 1. The first-order valence-electron chi connectivity index (χ1n) is 1.25. The molecule has 0 aliphatic heterocycles. The van der Waals surface area contributed by atoms with Crippen molar-refractivity contribution in [2.24, 2.45) is 0 Å². The van der Waals surface area contributed by atoms with Gasteiger partial charge in [-0.25, -0.2) is 0 Å². The van der Waals surface area contributed by atoms with Crippen LogP contribution in [0, 0.1) is 0 Å². The minimum absolute atomic E-state index is 0.335. The molecule has 0 saturated heterocycles. The maximum atomic E-state index is 8.25. The Labute approximate surface area is 40.6 Å². The van der Waals surface area contributed by atoms with Crippen molar-refractivity contribution >= 4 is 22.5 Å². The Morgan fingerprint density at radius 2 is 2.20 bits per heavy atom. The zero-order valence-electron chi connectivity index (χ0n) is 2.88. The molecule has 0 fully saturated rings. The summed E-state index contributed by atoms with van der Waals surface area (Å²) in [6.07, 6.45) is 0. The highest BCUT2D eigenvalue weighted by atomic mass is 33.1. The van der Waals surface area contributed by atoms with E-state index in [4.69, 9.17) is 5.11 Å². The van der Waals surface area contributed by atoms with Crippen molar-refractivity contribution in [3.05, 3.63) is 0 Å². The van der Waals surface area contributed by atoms with Crippen LogP contribution in [0.15, 0.2) is 0 Å². The molecule has 0 radical (unpaired) electrons. The molecule has 0 bridgehead atoms. The lowest BCUT2D eigenvalue weighted by Crippen LogP contribution is -1.84. The van der Waals surface area contributed by atoms with Crippen molar-refractivity contribution in [2.75, 3.05) is 0 Å². The summed E-state index contributed by atoms with van der Waals surface area (Å²) in [4.78, 5) is 0. The molecule has 3 heteroatoms. The van der Waals surface area contributed by atoms with Crippen LogP contribution in [-0.2, 0) is 0 Å². The Kier molecular flexibility index (Phi) is 3.25. The molecule has 1 unspecified atom stereocenters. The first kappa shape index (κ1) is 5.66. The maximum absolute atomic E-state index is 8.25. The number of hydrogen-bond donors (Lipinski definition) is 2. The predicted octanol–water partition coefficient (Wildman–Crippen LogP) is 0.903. The molecular formula is C2H6OS2. The summed E-state index contributed by atoms with van der Waals surface area (Å²) in [6.45, 7) is 1.66. The molecule has 0 aromatic rings. The van der Waals surface area contributed by atoms with Gasteiger partial charge in [0.25, 0.3) is 0 Å². The second kappa shape index (κ2) is 2.87. The number of thiol groups is 1. The smallest absolute Gasteiger partial charge is 0.106 e. The van der Waals surface area contributed by atoms with Crippen molar-refractivity contribution in [3.8, 4) is 0 Å². The van der Waals surface area contributed by atoms with E-state index in [1.165, 1.54) is 0 Å². The van der Waals surface area contributed by atoms with Crippen LogP contribution >= 0.6 is 22.5 Å². The van der Waals surface area contributed by atoms with Crippen LogP contribution in [0.25, 0.3) is 0 Å². The topological polar surface area (TPSA) is 20.2 Å². The molecular weight excluding hydrogens is 104 g/mol. The Balaban J connectivity index is 2.54. The molecule has 5 heavy (non-hydrogen) atoms. The van der Waals surface area contributed by atoms with Crippen molar-refractivity contribution < 1.29 is 5.11 Å². The van der Waals surface area contributed by atoms with Gasteiger partial charge < -0.3 is 5.11 Å². The Hall–Kier alpha value is 0.660. The average Bonchev–Trinajstić information content (AvgIpc) is 1.38. The van der Waals surface area contributed by atoms with Gasteiger partial charge in [-0.1, -0.05) is 10.8 Å². The second-order valence-corrected chi connectivity index (χ2v) is 2.23. The van der Waals surface area contributed by atoms with E-state index in [0.29, 0.717) is 0 Å². The maximum Gasteiger partial charge on any atom is 0.106 e. The molecule has 0 spiro atoms. The third-order valence-electron chi connectivity index (χ3n) is 0.153. The van der Waals surface area contributed by atoms with Crippen LogP contribution in [0.5, 0.6) is 0 Å². The summed E-state index contributed by atoms with van der Waals surface area (Å²) in [5, 5.41) is 8.25. The quantitative estimate of drug-likeness (QED) is 0.297. The van der Waals surface area contributed by atoms with E-state index < -0.39 is 0 Å². The fraction of sp³-hybridized carbons (Fsp3) is 1.00. The van der Waals surface area contributed by atoms with Gasteiger partial charge in [-0.05, 0) is 6.92 Å². The van der Waals surface area contributed by atoms with Crippen LogP contribution in [0.3, 0.4) is 0 Å². The Morgan fingerprint density at radius 1 is 2.00 bits per heavy atom. The first-order chi connectivity index (χ1) is 2.27. The summed E-state index contributed by atoms with van der Waals surface area (Å²) in [7, 11) is 1.13. The largest absolute Gasteiger partial charge is 0.382 e. The highest BCUT2D eigenvalue weighted by molar-refractivity contribution is 8.68. The first-order valence-corrected chi connectivity index (χ1v) is 3.19. The van der Waals surface area contributed by atoms with Gasteiger partial charge in [-0.3, -0.25) is 0 Å². The van der Waals surface area contributed by atoms with E-state index in [0.717, 1.165) is 10.8 Å². The number of aliphatic hydroxyl groups is 1. The van der Waals surface area contributed by atoms with E-state index in [1.807, 2.05) is 0 Å². The van der Waals surface area contributed by atoms with Gasteiger partial charge in [0.1, 0.15) is 5.44 Å². The van der Waals surface area contributed by atoms with Gasteiger partial charge in [0.2, 0.25) is 0 Å². The molecule has 0 aromatic carbocycles. The Morgan fingerprint density at radius 3 is 2.20 bits per heavy atom. The highest BCUT2D eigenvalue weighted by Crippen LogP contribution is 2.09. The number of rotatable bonds is 1. The molecule has 0 aromatic heterocycles. The van der Waals surface area contributed by atoms with Gasteiger partial charge in [0.05, 0.1) is 0 Å². The van der Waals surface area contributed by atoms with E-state index in [9.17, 15) is 0 Å². The molecule has 1 N–H and O–H groups in total. The zero-order chi connectivity index (χ0) is 4.28. The Bertz CT molecular complexity index is 21.6. The predicted molar refractivity (Wildman–Crippen MR) is 28.3 cm³/mol. The third kappa shape index (κ3) is 4.66. The minimum atomic E-state index is -0.335. The van der Waals surface area contributed by atoms with Crippen LogP contribution in [-0.4, -0.2) is 10.5 Å². The van der Waals surface area contributed by atoms with Crippen molar-refractivity contribution in [1.29, 1.82) is 0 Å². The summed E-state index contributed by atoms with van der Waals surface area (Å²) < 4.78 is 0. The molecule has 0 heterocycles. The lowest BCUT2D eigenvalue weighted by atomic mass is 10.9. The fourth-order valence-electron chi connectivity index (χ4n) is 0. The second-order valence-electron chi connectivity index (χ2n) is 0.705. The van der Waals surface area contributed by atoms with E-state index in [1.54, 1.807) is 6.92 Å². The van der Waals surface area contributed by atoms with Crippen molar-refractivity contribution in [3.63, 3.8) is 0 Å². The van der Waals surface area contributed by atoms with Gasteiger partial charge >= 0.3 is 0 Å². The summed E-state index contributed by atoms with van der Waals surface area (Å²) in [5.41, 5.74) is -0.335. The summed E-state index contributed by atoms with van der Waals surface area (Å²) in [5.74, 6) is 0. The summed E-state index contributed by atoms with van der Waals surface area (Å²) >= 11 is 3.68. The minimum Gasteiger partial charge on any atom is -0.382 e. The SMILES string of the molecule is CC(O)SS. The van der Waals surface area contributed by atoms with Crippen LogP contribution in [0.2, 0.25) is 0 Å². The molecule has 0 aliphatic carbocycles. The highest BCUT2D eigenvalue weighted by Gasteiger charge is 1.83. The third-order valence-corrected chi connectivity index (χ3v) is 1.37. The van der Waals surface area contributed by atoms with Gasteiger partial charge in [0.15, 0.2) is 0 Å². The van der Waals surface area contributed by atoms with E-state index in [-0.39, 0.29) is 5.44 Å². The molecule has 1 atom stereocenters. The zero-order valence-corrected chi connectivity index (χ0v) is 4.59. The van der Waals surface area contributed by atoms with Crippen LogP contribution in [0.4, 0.5) is 0 Å². The fourth-order valence-corrected chi connectivity index (χ4v) is 0. The monoisotopic (exact) mass is 110 g/mol. The summed E-state index contributed by atoms with van der Waals surface area (Å²) in [6, 6.07) is 0. The van der Waals surface area contributed by atoms with Gasteiger partial charge in [0, 0.05) is 0 Å². The van der Waals surface area contributed by atoms with Crippen LogP contribution in [0.1, 0.15) is 6.92 Å². The standard InChI is InChI=1S/C2H6OS2/c1-2(3)5-4/h2-4H,1H3. The van der Waals surface area contributed by atoms with Gasteiger partial charge in [-0.2, -0.15) is 0 Å². The molecule has 1 nitrogen and oxygen atoms in total. The van der Waals surface area contributed by atoms with Gasteiger partial charge in [-0.15, -0.1) is 11.7 Å². The lowest BCUT2D eigenvalue weighted by molar-refractivity contribution is 0.285. The molecule has 32 valence electrons. The van der Waals surface area contributed by atoms with Crippen molar-refractivity contribution in [2.45, 2.75) is 12.4 Å². The van der Waals surface area contributed by atoms with Crippen molar-refractivity contribution in [1.82, 2.24) is 0 Å². The molecule has 0 saturated carbocycles. The lowest BCUT2D eigenvalue weighted by Gasteiger charge is -1.89. The normalized spacial score (nSPS) is 15.0. The molecule has 0 rings (SSSR count). The average molecular weight is 110 g/mol.